The lowest BCUT2D eigenvalue weighted by molar-refractivity contribution is -0.119. The highest BCUT2D eigenvalue weighted by molar-refractivity contribution is 7.17. The van der Waals surface area contributed by atoms with E-state index >= 15 is 0 Å². The summed E-state index contributed by atoms with van der Waals surface area (Å²) in [5, 5.41) is 2.48. The zero-order chi connectivity index (χ0) is 21.5. The Kier molecular flexibility index (Phi) is 4.82. The molecule has 1 aliphatic rings. The molecule has 5 rings (SSSR count). The van der Waals surface area contributed by atoms with Gasteiger partial charge in [0.15, 0.2) is 0 Å². The summed E-state index contributed by atoms with van der Waals surface area (Å²) in [7, 11) is 1.62. The quantitative estimate of drug-likeness (QED) is 0.488. The minimum Gasteiger partial charge on any atom is -0.497 e. The van der Waals surface area contributed by atoms with E-state index in [0.29, 0.717) is 10.2 Å². The third-order valence-corrected chi connectivity index (χ3v) is 6.63. The van der Waals surface area contributed by atoms with E-state index in [1.54, 1.807) is 12.0 Å². The van der Waals surface area contributed by atoms with Gasteiger partial charge in [0, 0.05) is 22.7 Å². The summed E-state index contributed by atoms with van der Waals surface area (Å²) in [6, 6.07) is 15.6. The van der Waals surface area contributed by atoms with Gasteiger partial charge in [-0.1, -0.05) is 30.3 Å². The molecular formula is C24H21N3O3S. The highest BCUT2D eigenvalue weighted by Gasteiger charge is 2.30. The molecule has 31 heavy (non-hydrogen) atoms. The maximum atomic E-state index is 13.3. The molecule has 156 valence electrons. The molecule has 1 atom stereocenters. The summed E-state index contributed by atoms with van der Waals surface area (Å²) < 4.78 is 6.64. The molecule has 0 aliphatic carbocycles. The molecule has 0 N–H and O–H groups in total. The van der Waals surface area contributed by atoms with E-state index in [-0.39, 0.29) is 24.1 Å². The number of hydrogen-bond acceptors (Lipinski definition) is 5. The van der Waals surface area contributed by atoms with Crippen molar-refractivity contribution in [2.75, 3.05) is 12.0 Å². The highest BCUT2D eigenvalue weighted by atomic mass is 32.1. The van der Waals surface area contributed by atoms with Crippen LogP contribution in [-0.4, -0.2) is 28.6 Å². The summed E-state index contributed by atoms with van der Waals surface area (Å²) in [5.74, 6) is 0.645. The van der Waals surface area contributed by atoms with E-state index in [1.807, 2.05) is 60.8 Å². The van der Waals surface area contributed by atoms with Crippen LogP contribution in [0.1, 0.15) is 12.5 Å². The Hall–Kier alpha value is -3.45. The Morgan fingerprint density at radius 3 is 2.74 bits per heavy atom. The smallest absolute Gasteiger partial charge is 0.263 e. The Morgan fingerprint density at radius 1 is 1.19 bits per heavy atom. The second-order valence-electron chi connectivity index (χ2n) is 7.68. The molecule has 1 aliphatic heterocycles. The number of thiophene rings is 1. The minimum absolute atomic E-state index is 0.0433. The van der Waals surface area contributed by atoms with Gasteiger partial charge in [0.05, 0.1) is 18.8 Å². The van der Waals surface area contributed by atoms with Crippen molar-refractivity contribution in [1.29, 1.82) is 0 Å². The zero-order valence-corrected chi connectivity index (χ0v) is 18.1. The molecule has 0 saturated heterocycles. The molecular weight excluding hydrogens is 410 g/mol. The molecule has 4 aromatic rings. The molecule has 3 heterocycles. The molecule has 7 heteroatoms. The number of rotatable bonds is 4. The summed E-state index contributed by atoms with van der Waals surface area (Å²) in [6.07, 6.45) is 2.30. The fourth-order valence-corrected chi connectivity index (χ4v) is 5.14. The van der Waals surface area contributed by atoms with Crippen molar-refractivity contribution < 1.29 is 9.53 Å². The number of methoxy groups -OCH3 is 1. The van der Waals surface area contributed by atoms with Gasteiger partial charge in [0.2, 0.25) is 5.91 Å². The molecule has 6 nitrogen and oxygen atoms in total. The van der Waals surface area contributed by atoms with Gasteiger partial charge in [-0.05, 0) is 42.7 Å². The topological polar surface area (TPSA) is 64.4 Å². The standard InChI is InChI=1S/C24H21N3O3S/c1-15-11-17-5-3-4-6-20(17)27(15)21(28)12-26-14-25-23-22(24(26)29)19(13-31-23)16-7-9-18(30-2)10-8-16/h3-10,13-15H,11-12H2,1-2H3/t15-/m1/s1. The molecule has 0 radical (unpaired) electrons. The van der Waals surface area contributed by atoms with Crippen molar-refractivity contribution >= 4 is 33.1 Å². The van der Waals surface area contributed by atoms with E-state index < -0.39 is 0 Å². The number of anilines is 1. The summed E-state index contributed by atoms with van der Waals surface area (Å²) in [6.45, 7) is 1.99. The number of carbonyl (C=O) groups excluding carboxylic acids is 1. The molecule has 1 amide bonds. The predicted molar refractivity (Wildman–Crippen MR) is 123 cm³/mol. The lowest BCUT2D eigenvalue weighted by Gasteiger charge is -2.23. The number of ether oxygens (including phenoxy) is 1. The van der Waals surface area contributed by atoms with Crippen molar-refractivity contribution in [2.24, 2.45) is 0 Å². The van der Waals surface area contributed by atoms with Gasteiger partial charge >= 0.3 is 0 Å². The van der Waals surface area contributed by atoms with Gasteiger partial charge < -0.3 is 9.64 Å². The predicted octanol–water partition coefficient (Wildman–Crippen LogP) is 4.11. The van der Waals surface area contributed by atoms with Gasteiger partial charge in [-0.15, -0.1) is 11.3 Å². The van der Waals surface area contributed by atoms with E-state index in [2.05, 4.69) is 4.98 Å². The summed E-state index contributed by atoms with van der Waals surface area (Å²) in [5.41, 5.74) is 3.62. The Balaban J connectivity index is 1.50. The summed E-state index contributed by atoms with van der Waals surface area (Å²) in [4.78, 5) is 33.4. The number of aromatic nitrogens is 2. The maximum Gasteiger partial charge on any atom is 0.263 e. The van der Waals surface area contributed by atoms with Crippen LogP contribution in [0.5, 0.6) is 5.75 Å². The van der Waals surface area contributed by atoms with Crippen LogP contribution in [0.4, 0.5) is 5.69 Å². The lowest BCUT2D eigenvalue weighted by atomic mass is 10.1. The molecule has 2 aromatic carbocycles. The second-order valence-corrected chi connectivity index (χ2v) is 8.54. The third kappa shape index (κ3) is 3.31. The number of carbonyl (C=O) groups is 1. The van der Waals surface area contributed by atoms with Crippen LogP contribution in [0.3, 0.4) is 0 Å². The normalized spacial score (nSPS) is 15.3. The Morgan fingerprint density at radius 2 is 1.97 bits per heavy atom. The first-order valence-corrected chi connectivity index (χ1v) is 11.0. The van der Waals surface area contributed by atoms with Gasteiger partial charge in [-0.25, -0.2) is 4.98 Å². The molecule has 2 aromatic heterocycles. The number of fused-ring (bicyclic) bond motifs is 2. The monoisotopic (exact) mass is 431 g/mol. The van der Waals surface area contributed by atoms with E-state index in [4.69, 9.17) is 4.74 Å². The van der Waals surface area contributed by atoms with Crippen LogP contribution in [0.15, 0.2) is 65.0 Å². The number of para-hydroxylation sites is 1. The number of hydrogen-bond donors (Lipinski definition) is 0. The molecule has 0 saturated carbocycles. The third-order valence-electron chi connectivity index (χ3n) is 5.74. The van der Waals surface area contributed by atoms with Gasteiger partial charge in [-0.3, -0.25) is 14.2 Å². The van der Waals surface area contributed by atoms with Crippen LogP contribution in [0, 0.1) is 0 Å². The van der Waals surface area contributed by atoms with Crippen molar-refractivity contribution in [3.63, 3.8) is 0 Å². The lowest BCUT2D eigenvalue weighted by Crippen LogP contribution is -2.40. The first-order chi connectivity index (χ1) is 15.1. The number of nitrogens with zero attached hydrogens (tertiary/aromatic N) is 3. The number of benzene rings is 2. The first kappa shape index (κ1) is 19.5. The Labute approximate surface area is 183 Å². The average molecular weight is 432 g/mol. The van der Waals surface area contributed by atoms with Crippen LogP contribution in [-0.2, 0) is 17.8 Å². The van der Waals surface area contributed by atoms with E-state index in [9.17, 15) is 9.59 Å². The molecule has 0 fully saturated rings. The highest BCUT2D eigenvalue weighted by Crippen LogP contribution is 2.33. The first-order valence-electron chi connectivity index (χ1n) is 10.1. The molecule has 0 spiro atoms. The van der Waals surface area contributed by atoms with Crippen LogP contribution in [0.2, 0.25) is 0 Å². The fraction of sp³-hybridized carbons (Fsp3) is 0.208. The second kappa shape index (κ2) is 7.67. The SMILES string of the molecule is COc1ccc(-c2csc3ncn(CC(=O)N4c5ccccc5C[C@H]4C)c(=O)c23)cc1. The van der Waals surface area contributed by atoms with Crippen molar-refractivity contribution in [3.05, 3.63) is 76.2 Å². The van der Waals surface area contributed by atoms with Gasteiger partial charge in [0.25, 0.3) is 5.56 Å². The van der Waals surface area contributed by atoms with Crippen molar-refractivity contribution in [2.45, 2.75) is 25.9 Å². The van der Waals surface area contributed by atoms with Gasteiger partial charge in [0.1, 0.15) is 17.1 Å². The number of amides is 1. The molecule has 0 bridgehead atoms. The van der Waals surface area contributed by atoms with E-state index in [0.717, 1.165) is 34.5 Å². The zero-order valence-electron chi connectivity index (χ0n) is 17.2. The average Bonchev–Trinajstić information content (AvgIpc) is 3.36. The summed E-state index contributed by atoms with van der Waals surface area (Å²) >= 11 is 1.43. The van der Waals surface area contributed by atoms with E-state index in [1.165, 1.54) is 22.2 Å². The van der Waals surface area contributed by atoms with Crippen LogP contribution in [0.25, 0.3) is 21.3 Å². The fourth-order valence-electron chi connectivity index (χ4n) is 4.23. The van der Waals surface area contributed by atoms with Gasteiger partial charge in [-0.2, -0.15) is 0 Å². The maximum absolute atomic E-state index is 13.3. The van der Waals surface area contributed by atoms with Crippen LogP contribution >= 0.6 is 11.3 Å². The molecule has 0 unspecified atom stereocenters. The van der Waals surface area contributed by atoms with Crippen molar-refractivity contribution in [3.8, 4) is 16.9 Å². The van der Waals surface area contributed by atoms with Crippen molar-refractivity contribution in [1.82, 2.24) is 9.55 Å². The van der Waals surface area contributed by atoms with Crippen LogP contribution < -0.4 is 15.2 Å². The largest absolute Gasteiger partial charge is 0.497 e. The Bertz CT molecular complexity index is 1340. The minimum atomic E-state index is -0.203.